The Morgan fingerprint density at radius 1 is 0.968 bits per heavy atom. The number of nitrogens with one attached hydrogen (secondary N) is 2. The first-order valence-electron chi connectivity index (χ1n) is 10.5. The number of ether oxygens (including phenoxy) is 1. The molecule has 5 nitrogen and oxygen atoms in total. The van der Waals surface area contributed by atoms with Gasteiger partial charge in [-0.2, -0.15) is 0 Å². The molecule has 0 aliphatic rings. The minimum atomic E-state index is -0.136. The highest BCUT2D eigenvalue weighted by Gasteiger charge is 2.08. The molecule has 1 heterocycles. The summed E-state index contributed by atoms with van der Waals surface area (Å²) in [7, 11) is 1.65. The van der Waals surface area contributed by atoms with Gasteiger partial charge in [0.25, 0.3) is 5.91 Å². The van der Waals surface area contributed by atoms with Gasteiger partial charge in [-0.1, -0.05) is 24.3 Å². The highest BCUT2D eigenvalue weighted by Crippen LogP contribution is 2.15. The van der Waals surface area contributed by atoms with E-state index in [1.165, 1.54) is 10.4 Å². The number of amides is 2. The second kappa shape index (κ2) is 11.9. The molecule has 31 heavy (non-hydrogen) atoms. The van der Waals surface area contributed by atoms with Gasteiger partial charge < -0.3 is 15.4 Å². The van der Waals surface area contributed by atoms with Crippen LogP contribution in [0.15, 0.2) is 66.0 Å². The van der Waals surface area contributed by atoms with Gasteiger partial charge in [0.2, 0.25) is 5.91 Å². The number of carbonyl (C=O) groups excluding carboxylic acids is 2. The van der Waals surface area contributed by atoms with Crippen LogP contribution in [0.4, 0.5) is 5.69 Å². The Morgan fingerprint density at radius 2 is 1.81 bits per heavy atom. The Bertz CT molecular complexity index is 969. The van der Waals surface area contributed by atoms with E-state index in [4.69, 9.17) is 4.74 Å². The molecule has 2 aromatic carbocycles. The molecular weight excluding hydrogens is 408 g/mol. The van der Waals surface area contributed by atoms with Gasteiger partial charge in [0.05, 0.1) is 7.11 Å². The zero-order valence-corrected chi connectivity index (χ0v) is 18.5. The minimum Gasteiger partial charge on any atom is -0.497 e. The van der Waals surface area contributed by atoms with E-state index in [9.17, 15) is 9.59 Å². The number of carbonyl (C=O) groups is 2. The van der Waals surface area contributed by atoms with Crippen molar-refractivity contribution in [3.8, 4) is 5.75 Å². The van der Waals surface area contributed by atoms with Gasteiger partial charge in [-0.15, -0.1) is 11.3 Å². The van der Waals surface area contributed by atoms with Crippen LogP contribution in [0.25, 0.3) is 0 Å². The Morgan fingerprint density at radius 3 is 2.55 bits per heavy atom. The van der Waals surface area contributed by atoms with Gasteiger partial charge >= 0.3 is 0 Å². The van der Waals surface area contributed by atoms with E-state index in [1.807, 2.05) is 35.7 Å². The van der Waals surface area contributed by atoms with E-state index < -0.39 is 0 Å². The van der Waals surface area contributed by atoms with Crippen molar-refractivity contribution >= 4 is 28.8 Å². The lowest BCUT2D eigenvalue weighted by Gasteiger charge is -2.09. The number of aryl methyl sites for hydroxylation is 2. The average Bonchev–Trinajstić information content (AvgIpc) is 3.30. The van der Waals surface area contributed by atoms with Crippen LogP contribution in [0, 0.1) is 0 Å². The molecule has 1 aromatic heterocycles. The highest BCUT2D eigenvalue weighted by atomic mass is 32.1. The van der Waals surface area contributed by atoms with Crippen LogP contribution in [0.2, 0.25) is 0 Å². The predicted molar refractivity (Wildman–Crippen MR) is 126 cm³/mol. The number of methoxy groups -OCH3 is 1. The van der Waals surface area contributed by atoms with Crippen LogP contribution in [0.3, 0.4) is 0 Å². The molecule has 0 fully saturated rings. The lowest BCUT2D eigenvalue weighted by molar-refractivity contribution is -0.116. The van der Waals surface area contributed by atoms with E-state index in [1.54, 1.807) is 42.7 Å². The van der Waals surface area contributed by atoms with E-state index in [2.05, 4.69) is 16.7 Å². The quantitative estimate of drug-likeness (QED) is 0.412. The molecule has 0 spiro atoms. The fourth-order valence-corrected chi connectivity index (χ4v) is 3.98. The monoisotopic (exact) mass is 436 g/mol. The second-order valence-corrected chi connectivity index (χ2v) is 8.30. The van der Waals surface area contributed by atoms with E-state index in [-0.39, 0.29) is 11.8 Å². The minimum absolute atomic E-state index is 0.0337. The summed E-state index contributed by atoms with van der Waals surface area (Å²) >= 11 is 1.71. The molecule has 0 saturated heterocycles. The van der Waals surface area contributed by atoms with Crippen LogP contribution in [-0.4, -0.2) is 25.5 Å². The van der Waals surface area contributed by atoms with Crippen LogP contribution >= 0.6 is 11.3 Å². The van der Waals surface area contributed by atoms with Crippen LogP contribution in [0.5, 0.6) is 5.75 Å². The van der Waals surface area contributed by atoms with Crippen molar-refractivity contribution in [1.29, 1.82) is 0 Å². The first kappa shape index (κ1) is 22.6. The Balaban J connectivity index is 1.39. The number of hydrogen-bond acceptors (Lipinski definition) is 4. The van der Waals surface area contributed by atoms with Crippen molar-refractivity contribution in [2.24, 2.45) is 0 Å². The highest BCUT2D eigenvalue weighted by molar-refractivity contribution is 7.09. The SMILES string of the molecule is COc1ccc(CCCNC(=O)c2cccc(NC(=O)CCCc3cccs3)c2)cc1. The third-order valence-corrected chi connectivity index (χ3v) is 5.84. The van der Waals surface area contributed by atoms with Crippen molar-refractivity contribution in [3.05, 3.63) is 82.0 Å². The molecule has 0 bridgehead atoms. The fraction of sp³-hybridized carbons (Fsp3) is 0.280. The maximum Gasteiger partial charge on any atom is 0.251 e. The molecule has 2 amide bonds. The first-order chi connectivity index (χ1) is 15.1. The standard InChI is InChI=1S/C25H28N2O3S/c1-30-22-14-12-19(13-15-22)6-4-16-26-25(29)20-7-2-8-21(18-20)27-24(28)11-3-9-23-10-5-17-31-23/h2,5,7-8,10,12-15,17-18H,3-4,6,9,11,16H2,1H3,(H,26,29)(H,27,28). The first-order valence-corrected chi connectivity index (χ1v) is 11.4. The lowest BCUT2D eigenvalue weighted by atomic mass is 10.1. The van der Waals surface area contributed by atoms with Crippen molar-refractivity contribution < 1.29 is 14.3 Å². The molecule has 2 N–H and O–H groups in total. The summed E-state index contributed by atoms with van der Waals surface area (Å²) in [5.74, 6) is 0.670. The van der Waals surface area contributed by atoms with Crippen molar-refractivity contribution in [1.82, 2.24) is 5.32 Å². The molecule has 162 valence electrons. The number of thiophene rings is 1. The second-order valence-electron chi connectivity index (χ2n) is 7.27. The zero-order valence-electron chi connectivity index (χ0n) is 17.7. The molecule has 3 rings (SSSR count). The fourth-order valence-electron chi connectivity index (χ4n) is 3.23. The van der Waals surface area contributed by atoms with E-state index in [0.29, 0.717) is 24.2 Å². The van der Waals surface area contributed by atoms with Crippen LogP contribution < -0.4 is 15.4 Å². The third kappa shape index (κ3) is 7.57. The summed E-state index contributed by atoms with van der Waals surface area (Å²) in [6, 6.07) is 19.1. The zero-order chi connectivity index (χ0) is 21.9. The van der Waals surface area contributed by atoms with Crippen molar-refractivity contribution in [2.45, 2.75) is 32.1 Å². The molecule has 0 unspecified atom stereocenters. The van der Waals surface area contributed by atoms with E-state index >= 15 is 0 Å². The topological polar surface area (TPSA) is 67.4 Å². The smallest absolute Gasteiger partial charge is 0.251 e. The molecule has 3 aromatic rings. The van der Waals surface area contributed by atoms with Crippen LogP contribution in [0.1, 0.15) is 40.1 Å². The number of hydrogen-bond donors (Lipinski definition) is 2. The Hall–Kier alpha value is -3.12. The van der Waals surface area contributed by atoms with Crippen molar-refractivity contribution in [3.63, 3.8) is 0 Å². The van der Waals surface area contributed by atoms with Gasteiger partial charge in [-0.05, 0) is 73.0 Å². The molecular formula is C25H28N2O3S. The van der Waals surface area contributed by atoms with Gasteiger partial charge in [0.15, 0.2) is 0 Å². The summed E-state index contributed by atoms with van der Waals surface area (Å²) in [6.07, 6.45) is 3.90. The van der Waals surface area contributed by atoms with Gasteiger partial charge in [-0.3, -0.25) is 9.59 Å². The summed E-state index contributed by atoms with van der Waals surface area (Å²) in [5.41, 5.74) is 2.40. The largest absolute Gasteiger partial charge is 0.497 e. The summed E-state index contributed by atoms with van der Waals surface area (Å²) in [4.78, 5) is 25.9. The van der Waals surface area contributed by atoms with Gasteiger partial charge in [-0.25, -0.2) is 0 Å². The molecule has 0 aliphatic carbocycles. The molecule has 0 saturated carbocycles. The number of rotatable bonds is 11. The maximum absolute atomic E-state index is 12.4. The number of benzene rings is 2. The third-order valence-electron chi connectivity index (χ3n) is 4.90. The summed E-state index contributed by atoms with van der Waals surface area (Å²) in [5, 5.41) is 7.88. The normalized spacial score (nSPS) is 10.5. The average molecular weight is 437 g/mol. The lowest BCUT2D eigenvalue weighted by Crippen LogP contribution is -2.25. The summed E-state index contributed by atoms with van der Waals surface area (Å²) < 4.78 is 5.16. The Labute approximate surface area is 187 Å². The molecule has 0 atom stereocenters. The number of anilines is 1. The van der Waals surface area contributed by atoms with Crippen molar-refractivity contribution in [2.75, 3.05) is 19.0 Å². The molecule has 0 radical (unpaired) electrons. The molecule has 0 aliphatic heterocycles. The Kier molecular flexibility index (Phi) is 8.67. The van der Waals surface area contributed by atoms with Gasteiger partial charge in [0, 0.05) is 29.1 Å². The molecule has 6 heteroatoms. The van der Waals surface area contributed by atoms with Crippen LogP contribution in [-0.2, 0) is 17.6 Å². The maximum atomic E-state index is 12.4. The predicted octanol–water partition coefficient (Wildman–Crippen LogP) is 5.08. The van der Waals surface area contributed by atoms with E-state index in [0.717, 1.165) is 31.4 Å². The summed E-state index contributed by atoms with van der Waals surface area (Å²) in [6.45, 7) is 0.587. The van der Waals surface area contributed by atoms with Gasteiger partial charge in [0.1, 0.15) is 5.75 Å².